The summed E-state index contributed by atoms with van der Waals surface area (Å²) in [5, 5.41) is 20.4. The number of allylic oxidation sites excluding steroid dienone is 3. The number of hydrogen-bond donors (Lipinski definition) is 2. The summed E-state index contributed by atoms with van der Waals surface area (Å²) >= 11 is 0. The van der Waals surface area contributed by atoms with E-state index in [0.29, 0.717) is 11.1 Å². The van der Waals surface area contributed by atoms with Gasteiger partial charge < -0.3 is 10.2 Å². The van der Waals surface area contributed by atoms with E-state index in [1.54, 1.807) is 40.7 Å². The highest BCUT2D eigenvalue weighted by Crippen LogP contribution is 2.48. The lowest BCUT2D eigenvalue weighted by Gasteiger charge is -2.42. The number of hydrogen-bond acceptors (Lipinski definition) is 2. The largest absolute Gasteiger partial charge is 0.396 e. The fourth-order valence-corrected chi connectivity index (χ4v) is 3.89. The molecule has 0 radical (unpaired) electrons. The molecule has 0 aromatic rings. The van der Waals surface area contributed by atoms with Gasteiger partial charge in [-0.1, -0.05) is 32.1 Å². The second-order valence-electron chi connectivity index (χ2n) is 7.68. The first-order valence-electron chi connectivity index (χ1n) is 8.41. The molecule has 0 aromatic carbocycles. The van der Waals surface area contributed by atoms with Crippen LogP contribution in [0.15, 0.2) is 34.9 Å². The fourth-order valence-electron chi connectivity index (χ4n) is 3.89. The lowest BCUT2D eigenvalue weighted by molar-refractivity contribution is -0.176. The van der Waals surface area contributed by atoms with E-state index in [0.717, 1.165) is 0 Å². The molecular weight excluding hydrogens is 317 g/mol. The zero-order valence-corrected chi connectivity index (χ0v) is 14.9. The fraction of sp³-hybridized carbons (Fsp3) is 0.684. The van der Waals surface area contributed by atoms with Gasteiger partial charge in [0.1, 0.15) is 0 Å². The average Bonchev–Trinajstić information content (AvgIpc) is 2.41. The number of halogens is 3. The lowest BCUT2D eigenvalue weighted by Crippen LogP contribution is -2.43. The van der Waals surface area contributed by atoms with Crippen LogP contribution < -0.4 is 0 Å². The molecule has 0 spiro atoms. The molecule has 0 saturated heterocycles. The predicted molar refractivity (Wildman–Crippen MR) is 88.2 cm³/mol. The first kappa shape index (κ1) is 19.3. The summed E-state index contributed by atoms with van der Waals surface area (Å²) in [6.45, 7) is 8.53. The molecule has 3 unspecified atom stereocenters. The van der Waals surface area contributed by atoms with Crippen LogP contribution in [0.3, 0.4) is 0 Å². The van der Waals surface area contributed by atoms with Gasteiger partial charge in [0.2, 0.25) is 0 Å². The summed E-state index contributed by atoms with van der Waals surface area (Å²) in [5.41, 5.74) is 0.306. The summed E-state index contributed by atoms with van der Waals surface area (Å²) in [6, 6.07) is 0. The minimum Gasteiger partial charge on any atom is -0.388 e. The van der Waals surface area contributed by atoms with Crippen molar-refractivity contribution >= 4 is 0 Å². The third-order valence-corrected chi connectivity index (χ3v) is 5.80. The van der Waals surface area contributed by atoms with Crippen molar-refractivity contribution in [1.82, 2.24) is 0 Å². The van der Waals surface area contributed by atoms with Gasteiger partial charge in [0, 0.05) is 5.92 Å². The second kappa shape index (κ2) is 6.34. The van der Waals surface area contributed by atoms with Gasteiger partial charge in [-0.2, -0.15) is 13.2 Å². The molecule has 0 fully saturated rings. The Bertz CT molecular complexity index is 584. The van der Waals surface area contributed by atoms with Crippen molar-refractivity contribution in [3.8, 4) is 0 Å². The van der Waals surface area contributed by atoms with E-state index in [-0.39, 0.29) is 23.8 Å². The number of alkyl halides is 3. The van der Waals surface area contributed by atoms with Gasteiger partial charge >= 0.3 is 6.18 Å². The van der Waals surface area contributed by atoms with E-state index in [9.17, 15) is 23.4 Å². The van der Waals surface area contributed by atoms with E-state index in [1.807, 2.05) is 0 Å². The lowest BCUT2D eigenvalue weighted by atomic mass is 9.67. The third-order valence-electron chi connectivity index (χ3n) is 5.80. The number of rotatable bonds is 2. The van der Waals surface area contributed by atoms with E-state index in [1.165, 1.54) is 12.2 Å². The molecule has 0 bridgehead atoms. The minimum absolute atomic E-state index is 0.223. The van der Waals surface area contributed by atoms with Crippen LogP contribution in [0.1, 0.15) is 41.0 Å². The topological polar surface area (TPSA) is 40.5 Å². The van der Waals surface area contributed by atoms with Crippen molar-refractivity contribution in [2.24, 2.45) is 23.7 Å². The van der Waals surface area contributed by atoms with Gasteiger partial charge in [0.25, 0.3) is 0 Å². The smallest absolute Gasteiger partial charge is 0.388 e. The van der Waals surface area contributed by atoms with Crippen LogP contribution in [-0.4, -0.2) is 28.1 Å². The zero-order chi connectivity index (χ0) is 18.4. The van der Waals surface area contributed by atoms with E-state index >= 15 is 0 Å². The average molecular weight is 344 g/mol. The van der Waals surface area contributed by atoms with Crippen LogP contribution >= 0.6 is 0 Å². The van der Waals surface area contributed by atoms with Crippen LogP contribution in [0.4, 0.5) is 13.2 Å². The molecule has 0 aliphatic heterocycles. The Hall–Kier alpha value is -1.07. The first-order chi connectivity index (χ1) is 10.9. The van der Waals surface area contributed by atoms with E-state index in [4.69, 9.17) is 0 Å². The molecule has 2 nitrogen and oxygen atoms in total. The van der Waals surface area contributed by atoms with Crippen molar-refractivity contribution in [1.29, 1.82) is 0 Å². The predicted octanol–water partition coefficient (Wildman–Crippen LogP) is 4.40. The maximum absolute atomic E-state index is 13.9. The maximum Gasteiger partial charge on any atom is 0.396 e. The molecule has 0 amide bonds. The number of aliphatic hydroxyl groups is 2. The van der Waals surface area contributed by atoms with Gasteiger partial charge in [-0.3, -0.25) is 0 Å². The standard InChI is InChI=1S/C19H27F3O2/c1-10-6-14(7-11(2)17(10)23)16(19(20,21)22)15-8-12(3)18(5,24)13(4)9-15/h6-8,10,13,15-17,23-24H,9H2,1-5H3/t10?,13-,15?,16?,17+,18-/m0/s1. The molecule has 2 rings (SSSR count). The molecule has 2 aliphatic rings. The summed E-state index contributed by atoms with van der Waals surface area (Å²) in [5.74, 6) is -2.92. The highest BCUT2D eigenvalue weighted by atomic mass is 19.4. The summed E-state index contributed by atoms with van der Waals surface area (Å²) in [6.07, 6.45) is -0.242. The molecule has 2 N–H and O–H groups in total. The number of aliphatic hydroxyl groups excluding tert-OH is 1. The molecule has 24 heavy (non-hydrogen) atoms. The van der Waals surface area contributed by atoms with Crippen molar-refractivity contribution < 1.29 is 23.4 Å². The van der Waals surface area contributed by atoms with Gasteiger partial charge in [0.05, 0.1) is 17.6 Å². The van der Waals surface area contributed by atoms with Crippen molar-refractivity contribution in [2.75, 3.05) is 0 Å². The van der Waals surface area contributed by atoms with Crippen molar-refractivity contribution in [2.45, 2.75) is 58.9 Å². The second-order valence-corrected chi connectivity index (χ2v) is 7.68. The van der Waals surface area contributed by atoms with Crippen LogP contribution in [0.5, 0.6) is 0 Å². The SMILES string of the molecule is CC1=CC(C(C2C=C(C)[C@](C)(O)[C@@H](C)C2)C(F)(F)F)=CC(C)[C@H]1O. The first-order valence-corrected chi connectivity index (χ1v) is 8.41. The van der Waals surface area contributed by atoms with E-state index < -0.39 is 29.7 Å². The monoisotopic (exact) mass is 344 g/mol. The normalized spacial score (nSPS) is 39.0. The van der Waals surface area contributed by atoms with Crippen molar-refractivity contribution in [3.05, 3.63) is 34.9 Å². The van der Waals surface area contributed by atoms with E-state index in [2.05, 4.69) is 0 Å². The molecule has 2 aliphatic carbocycles. The van der Waals surface area contributed by atoms with Crippen LogP contribution in [0, 0.1) is 23.7 Å². The van der Waals surface area contributed by atoms with Crippen LogP contribution in [-0.2, 0) is 0 Å². The maximum atomic E-state index is 13.9. The van der Waals surface area contributed by atoms with Crippen molar-refractivity contribution in [3.63, 3.8) is 0 Å². The minimum atomic E-state index is -4.38. The Morgan fingerprint density at radius 1 is 1.21 bits per heavy atom. The molecule has 136 valence electrons. The van der Waals surface area contributed by atoms with Gasteiger partial charge in [-0.05, 0) is 55.7 Å². The van der Waals surface area contributed by atoms with Gasteiger partial charge in [-0.25, -0.2) is 0 Å². The quantitative estimate of drug-likeness (QED) is 0.729. The third kappa shape index (κ3) is 3.47. The van der Waals surface area contributed by atoms with Crippen LogP contribution in [0.2, 0.25) is 0 Å². The Labute approximate surface area is 141 Å². The molecular formula is C19H27F3O2. The summed E-state index contributed by atoms with van der Waals surface area (Å²) in [7, 11) is 0. The highest BCUT2D eigenvalue weighted by molar-refractivity contribution is 5.36. The Morgan fingerprint density at radius 2 is 1.79 bits per heavy atom. The Balaban J connectivity index is 2.46. The molecule has 6 atom stereocenters. The highest BCUT2D eigenvalue weighted by Gasteiger charge is 2.49. The Morgan fingerprint density at radius 3 is 2.25 bits per heavy atom. The zero-order valence-electron chi connectivity index (χ0n) is 14.9. The summed E-state index contributed by atoms with van der Waals surface area (Å²) in [4.78, 5) is 0. The molecule has 0 aromatic heterocycles. The van der Waals surface area contributed by atoms with Crippen LogP contribution in [0.25, 0.3) is 0 Å². The molecule has 0 saturated carbocycles. The summed E-state index contributed by atoms with van der Waals surface area (Å²) < 4.78 is 41.6. The van der Waals surface area contributed by atoms with Gasteiger partial charge in [0.15, 0.2) is 0 Å². The molecule has 5 heteroatoms. The van der Waals surface area contributed by atoms with Gasteiger partial charge in [-0.15, -0.1) is 0 Å². The molecule has 0 heterocycles. The Kier molecular flexibility index (Phi) is 5.09.